The largest absolute Gasteiger partial charge is 0.403 e. The van der Waals surface area contributed by atoms with Gasteiger partial charge in [-0.3, -0.25) is 49.0 Å². The Morgan fingerprint density at radius 3 is 1.15 bits per heavy atom. The molecule has 4 aliphatic heterocycles. The van der Waals surface area contributed by atoms with Crippen LogP contribution in [0.25, 0.3) is 45.2 Å². The lowest BCUT2D eigenvalue weighted by Crippen LogP contribution is -2.29. The number of anilines is 2. The van der Waals surface area contributed by atoms with E-state index < -0.39 is 47.3 Å². The third-order valence-electron chi connectivity index (χ3n) is 11.3. The maximum absolute atomic E-state index is 13.4. The van der Waals surface area contributed by atoms with Gasteiger partial charge >= 0.3 is 12.0 Å². The average Bonchev–Trinajstić information content (AvgIpc) is 4.21. The Kier molecular flexibility index (Phi) is 9.58. The number of nitrogens with zero attached hydrogens (tertiary/aromatic N) is 6. The maximum Gasteiger partial charge on any atom is 0.332 e. The highest BCUT2D eigenvalue weighted by atomic mass is 35.5. The van der Waals surface area contributed by atoms with Crippen molar-refractivity contribution in [2.24, 2.45) is 0 Å². The van der Waals surface area contributed by atoms with E-state index in [-0.39, 0.29) is 68.3 Å². The SMILES string of the molecule is O=C1NC(=O)c2cc(-c3cccc4c3C(=O)N(c3nnc(-c5ccccc5Cl)o3)C4=O)ccc21.O=C1NC(=O)c2cc(-c3cccc4c3C(=O)N(c3nnc(-c5ccccc5Cl)o3)C4=O)ccc21. The van der Waals surface area contributed by atoms with Crippen LogP contribution in [0.2, 0.25) is 10.0 Å². The van der Waals surface area contributed by atoms with Crippen molar-refractivity contribution >= 4 is 82.5 Å². The molecule has 328 valence electrons. The number of carbonyl (C=O) groups is 8. The fourth-order valence-corrected chi connectivity index (χ4v) is 8.60. The van der Waals surface area contributed by atoms with Crippen LogP contribution in [0.1, 0.15) is 82.9 Å². The molecule has 6 aromatic carbocycles. The van der Waals surface area contributed by atoms with Gasteiger partial charge in [-0.25, -0.2) is 0 Å². The first-order chi connectivity index (χ1) is 32.9. The van der Waals surface area contributed by atoms with Crippen molar-refractivity contribution in [2.45, 2.75) is 0 Å². The number of benzene rings is 6. The summed E-state index contributed by atoms with van der Waals surface area (Å²) in [6.45, 7) is 0. The molecule has 0 saturated carbocycles. The van der Waals surface area contributed by atoms with E-state index in [4.69, 9.17) is 32.0 Å². The zero-order valence-corrected chi connectivity index (χ0v) is 35.6. The molecule has 4 aliphatic rings. The summed E-state index contributed by atoms with van der Waals surface area (Å²) < 4.78 is 11.3. The van der Waals surface area contributed by atoms with Gasteiger partial charge in [-0.1, -0.05) is 94.1 Å². The third kappa shape index (κ3) is 6.50. The molecule has 0 radical (unpaired) electrons. The average molecular weight is 942 g/mol. The Morgan fingerprint density at radius 1 is 0.368 bits per heavy atom. The van der Waals surface area contributed by atoms with Crippen LogP contribution in [-0.4, -0.2) is 67.7 Å². The highest BCUT2D eigenvalue weighted by molar-refractivity contribution is 6.37. The highest BCUT2D eigenvalue weighted by Crippen LogP contribution is 2.39. The smallest absolute Gasteiger partial charge is 0.332 e. The minimum atomic E-state index is -0.647. The molecule has 0 spiro atoms. The van der Waals surface area contributed by atoms with Gasteiger partial charge in [-0.05, 0) is 82.9 Å². The molecule has 0 saturated heterocycles. The van der Waals surface area contributed by atoms with Crippen LogP contribution in [-0.2, 0) is 0 Å². The number of imide groups is 4. The molecule has 68 heavy (non-hydrogen) atoms. The van der Waals surface area contributed by atoms with E-state index in [0.717, 1.165) is 9.80 Å². The number of hydrogen-bond acceptors (Lipinski definition) is 14. The molecule has 2 N–H and O–H groups in total. The third-order valence-corrected chi connectivity index (χ3v) is 12.0. The van der Waals surface area contributed by atoms with Crippen molar-refractivity contribution in [1.29, 1.82) is 0 Å². The molecule has 0 fully saturated rings. The maximum atomic E-state index is 13.4. The van der Waals surface area contributed by atoms with Crippen molar-refractivity contribution in [3.8, 4) is 45.2 Å². The molecule has 0 aliphatic carbocycles. The van der Waals surface area contributed by atoms with Crippen molar-refractivity contribution in [1.82, 2.24) is 31.0 Å². The van der Waals surface area contributed by atoms with Gasteiger partial charge in [0.2, 0.25) is 0 Å². The van der Waals surface area contributed by atoms with Crippen LogP contribution >= 0.6 is 23.2 Å². The first-order valence-electron chi connectivity index (χ1n) is 20.1. The molecule has 2 aromatic heterocycles. The molecule has 0 bridgehead atoms. The summed E-state index contributed by atoms with van der Waals surface area (Å²) in [4.78, 5) is 103. The van der Waals surface area contributed by atoms with Gasteiger partial charge in [0.1, 0.15) is 0 Å². The summed E-state index contributed by atoms with van der Waals surface area (Å²) in [6.07, 6.45) is 0. The molecule has 18 nitrogen and oxygen atoms in total. The molecule has 20 heteroatoms. The molecule has 6 heterocycles. The predicted molar refractivity (Wildman–Crippen MR) is 239 cm³/mol. The quantitative estimate of drug-likeness (QED) is 0.154. The molecule has 12 rings (SSSR count). The number of aromatic nitrogens is 4. The molecular formula is C48H22Cl2N8O10. The van der Waals surface area contributed by atoms with Crippen LogP contribution in [0.3, 0.4) is 0 Å². The normalized spacial score (nSPS) is 14.4. The summed E-state index contributed by atoms with van der Waals surface area (Å²) in [5.74, 6) is -4.40. The van der Waals surface area contributed by atoms with Crippen LogP contribution < -0.4 is 20.4 Å². The molecule has 0 unspecified atom stereocenters. The lowest BCUT2D eigenvalue weighted by atomic mass is 9.94. The van der Waals surface area contributed by atoms with Gasteiger partial charge in [0.05, 0.1) is 65.7 Å². The van der Waals surface area contributed by atoms with Gasteiger partial charge in [0.25, 0.3) is 59.0 Å². The Hall–Kier alpha value is -9.26. The van der Waals surface area contributed by atoms with Crippen LogP contribution in [0.4, 0.5) is 12.0 Å². The number of rotatable bonds is 6. The first kappa shape index (κ1) is 41.4. The van der Waals surface area contributed by atoms with E-state index >= 15 is 0 Å². The topological polar surface area (TPSA) is 245 Å². The van der Waals surface area contributed by atoms with E-state index in [9.17, 15) is 38.4 Å². The Labute approximate surface area is 390 Å². The second-order valence-electron chi connectivity index (χ2n) is 15.2. The van der Waals surface area contributed by atoms with Crippen molar-refractivity contribution < 1.29 is 47.2 Å². The number of carbonyl (C=O) groups excluding carboxylic acids is 8. The number of nitrogens with one attached hydrogen (secondary N) is 2. The number of fused-ring (bicyclic) bond motifs is 4. The van der Waals surface area contributed by atoms with Gasteiger partial charge in [0, 0.05) is 0 Å². The fraction of sp³-hybridized carbons (Fsp3) is 0. The lowest BCUT2D eigenvalue weighted by molar-refractivity contribution is 0.0863. The van der Waals surface area contributed by atoms with E-state index in [1.165, 1.54) is 36.4 Å². The summed E-state index contributed by atoms with van der Waals surface area (Å²) in [5, 5.41) is 20.9. The molecule has 8 aromatic rings. The summed E-state index contributed by atoms with van der Waals surface area (Å²) in [7, 11) is 0. The first-order valence-corrected chi connectivity index (χ1v) is 20.8. The van der Waals surface area contributed by atoms with Crippen molar-refractivity contribution in [3.63, 3.8) is 0 Å². The predicted octanol–water partition coefficient (Wildman–Crippen LogP) is 7.48. The van der Waals surface area contributed by atoms with E-state index in [1.807, 2.05) is 0 Å². The number of halogens is 2. The lowest BCUT2D eigenvalue weighted by Gasteiger charge is -2.09. The highest BCUT2D eigenvalue weighted by Gasteiger charge is 2.43. The monoisotopic (exact) mass is 940 g/mol. The van der Waals surface area contributed by atoms with Crippen molar-refractivity contribution in [2.75, 3.05) is 9.80 Å². The van der Waals surface area contributed by atoms with Crippen LogP contribution in [0, 0.1) is 0 Å². The van der Waals surface area contributed by atoms with Gasteiger partial charge in [-0.15, -0.1) is 10.2 Å². The second-order valence-corrected chi connectivity index (χ2v) is 16.0. The minimum absolute atomic E-state index is 0.0617. The van der Waals surface area contributed by atoms with Gasteiger partial charge in [-0.2, -0.15) is 9.80 Å². The fourth-order valence-electron chi connectivity index (χ4n) is 8.17. The van der Waals surface area contributed by atoms with E-state index in [0.29, 0.717) is 43.4 Å². The van der Waals surface area contributed by atoms with E-state index in [1.54, 1.807) is 84.9 Å². The molecule has 8 amide bonds. The summed E-state index contributed by atoms with van der Waals surface area (Å²) in [5.41, 5.74) is 4.29. The second kappa shape index (κ2) is 15.7. The van der Waals surface area contributed by atoms with Crippen LogP contribution in [0.15, 0.2) is 130 Å². The van der Waals surface area contributed by atoms with Gasteiger partial charge < -0.3 is 8.83 Å². The van der Waals surface area contributed by atoms with E-state index in [2.05, 4.69) is 31.0 Å². The molecule has 0 atom stereocenters. The van der Waals surface area contributed by atoms with Crippen molar-refractivity contribution in [3.05, 3.63) is 176 Å². The Bertz CT molecular complexity index is 3420. The Morgan fingerprint density at radius 2 is 0.735 bits per heavy atom. The Balaban J connectivity index is 0.000000149. The zero-order chi connectivity index (χ0) is 47.1. The van der Waals surface area contributed by atoms with Gasteiger partial charge in [0.15, 0.2) is 0 Å². The summed E-state index contributed by atoms with van der Waals surface area (Å²) >= 11 is 12.4. The molecular weight excluding hydrogens is 919 g/mol. The number of hydrogen-bond donors (Lipinski definition) is 2. The minimum Gasteiger partial charge on any atom is -0.403 e. The van der Waals surface area contributed by atoms with Crippen LogP contribution in [0.5, 0.6) is 0 Å². The number of amides is 8. The summed E-state index contributed by atoms with van der Waals surface area (Å²) in [6, 6.07) is 32.0. The standard InChI is InChI=1S/2C24H11ClN4O5/c2*25-17-7-2-1-4-14(17)21-27-28-24(34-21)29-22(32)15-6-3-5-12(18(15)23(29)33)11-8-9-13-16(10-11)20(31)26-19(13)30/h2*1-10H,(H,26,30,31). The zero-order valence-electron chi connectivity index (χ0n) is 34.1.